The summed E-state index contributed by atoms with van der Waals surface area (Å²) in [7, 11) is 0. The molecule has 0 radical (unpaired) electrons. The summed E-state index contributed by atoms with van der Waals surface area (Å²) in [6.45, 7) is 1.27. The molecule has 5 nitrogen and oxygen atoms in total. The van der Waals surface area contributed by atoms with Crippen LogP contribution in [-0.4, -0.2) is 34.0 Å². The first kappa shape index (κ1) is 16.4. The van der Waals surface area contributed by atoms with E-state index in [0.717, 1.165) is 6.42 Å². The number of likely N-dealkylation sites (tertiary alicyclic amines) is 1. The fourth-order valence-electron chi connectivity index (χ4n) is 3.18. The molecule has 0 bridgehead atoms. The standard InChI is InChI=1S/C20H18FN3O2/c21-17-8-6-15(7-9-17)20-22-19(23-26-20)16-12-18(25)24(13-16)11-10-14-4-2-1-3-5-14/h1-9,16H,10-13H2. The molecule has 1 saturated heterocycles. The van der Waals surface area contributed by atoms with Gasteiger partial charge in [0.1, 0.15) is 5.82 Å². The van der Waals surface area contributed by atoms with E-state index in [-0.39, 0.29) is 17.6 Å². The Balaban J connectivity index is 1.41. The van der Waals surface area contributed by atoms with E-state index in [2.05, 4.69) is 22.3 Å². The lowest BCUT2D eigenvalue weighted by atomic mass is 10.1. The third-order valence-electron chi connectivity index (χ3n) is 4.63. The van der Waals surface area contributed by atoms with Gasteiger partial charge in [-0.2, -0.15) is 4.98 Å². The summed E-state index contributed by atoms with van der Waals surface area (Å²) in [5.74, 6) is 0.592. The third-order valence-corrected chi connectivity index (χ3v) is 4.63. The Morgan fingerprint density at radius 1 is 1.12 bits per heavy atom. The lowest BCUT2D eigenvalue weighted by molar-refractivity contribution is -0.127. The van der Waals surface area contributed by atoms with Crippen molar-refractivity contribution in [2.75, 3.05) is 13.1 Å². The number of hydrogen-bond donors (Lipinski definition) is 0. The summed E-state index contributed by atoms with van der Waals surface area (Å²) in [6.07, 6.45) is 1.21. The second-order valence-corrected chi connectivity index (χ2v) is 6.44. The zero-order valence-electron chi connectivity index (χ0n) is 14.1. The van der Waals surface area contributed by atoms with E-state index in [1.807, 2.05) is 23.1 Å². The first-order chi connectivity index (χ1) is 12.7. The maximum absolute atomic E-state index is 13.0. The van der Waals surface area contributed by atoms with Gasteiger partial charge in [-0.15, -0.1) is 0 Å². The average molecular weight is 351 g/mol. The van der Waals surface area contributed by atoms with Crippen LogP contribution in [0.25, 0.3) is 11.5 Å². The zero-order valence-corrected chi connectivity index (χ0v) is 14.1. The van der Waals surface area contributed by atoms with Crippen molar-refractivity contribution < 1.29 is 13.7 Å². The normalized spacial score (nSPS) is 17.0. The van der Waals surface area contributed by atoms with E-state index in [0.29, 0.717) is 36.8 Å². The van der Waals surface area contributed by atoms with Crippen LogP contribution in [0.2, 0.25) is 0 Å². The Morgan fingerprint density at radius 3 is 2.65 bits per heavy atom. The van der Waals surface area contributed by atoms with Gasteiger partial charge in [0.05, 0.1) is 0 Å². The minimum Gasteiger partial charge on any atom is -0.342 e. The van der Waals surface area contributed by atoms with Crippen molar-refractivity contribution in [2.24, 2.45) is 0 Å². The highest BCUT2D eigenvalue weighted by Gasteiger charge is 2.33. The van der Waals surface area contributed by atoms with Gasteiger partial charge in [0.25, 0.3) is 5.89 Å². The van der Waals surface area contributed by atoms with Crippen molar-refractivity contribution in [3.63, 3.8) is 0 Å². The van der Waals surface area contributed by atoms with Crippen LogP contribution < -0.4 is 0 Å². The van der Waals surface area contributed by atoms with Gasteiger partial charge in [-0.3, -0.25) is 4.79 Å². The Labute approximate surface area is 150 Å². The molecule has 0 aliphatic carbocycles. The first-order valence-electron chi connectivity index (χ1n) is 8.60. The molecule has 1 unspecified atom stereocenters. The number of nitrogens with zero attached hydrogens (tertiary/aromatic N) is 3. The smallest absolute Gasteiger partial charge is 0.257 e. The van der Waals surface area contributed by atoms with Crippen LogP contribution in [0, 0.1) is 5.82 Å². The Bertz CT molecular complexity index is 893. The van der Waals surface area contributed by atoms with Gasteiger partial charge >= 0.3 is 0 Å². The molecule has 132 valence electrons. The predicted molar refractivity (Wildman–Crippen MR) is 93.8 cm³/mol. The van der Waals surface area contributed by atoms with Crippen LogP contribution in [0.15, 0.2) is 59.1 Å². The SMILES string of the molecule is O=C1CC(c2noc(-c3ccc(F)cc3)n2)CN1CCc1ccccc1. The molecule has 1 aliphatic heterocycles. The van der Waals surface area contributed by atoms with Gasteiger partial charge in [0.15, 0.2) is 5.82 Å². The van der Waals surface area contributed by atoms with E-state index in [1.54, 1.807) is 12.1 Å². The summed E-state index contributed by atoms with van der Waals surface area (Å²) >= 11 is 0. The molecular formula is C20H18FN3O2. The number of hydrogen-bond acceptors (Lipinski definition) is 4. The van der Waals surface area contributed by atoms with Crippen molar-refractivity contribution in [3.05, 3.63) is 71.8 Å². The highest BCUT2D eigenvalue weighted by atomic mass is 19.1. The molecule has 1 aliphatic rings. The van der Waals surface area contributed by atoms with Crippen LogP contribution >= 0.6 is 0 Å². The van der Waals surface area contributed by atoms with E-state index in [1.165, 1.54) is 17.7 Å². The van der Waals surface area contributed by atoms with E-state index >= 15 is 0 Å². The summed E-state index contributed by atoms with van der Waals surface area (Å²) < 4.78 is 18.3. The highest BCUT2D eigenvalue weighted by molar-refractivity contribution is 5.79. The topological polar surface area (TPSA) is 59.2 Å². The second kappa shape index (κ2) is 7.07. The maximum atomic E-state index is 13.0. The molecule has 1 atom stereocenters. The molecule has 4 rings (SSSR count). The molecular weight excluding hydrogens is 333 g/mol. The maximum Gasteiger partial charge on any atom is 0.257 e. The average Bonchev–Trinajstić information content (AvgIpc) is 3.28. The van der Waals surface area contributed by atoms with Crippen molar-refractivity contribution in [1.82, 2.24) is 15.0 Å². The molecule has 1 aromatic heterocycles. The molecule has 0 saturated carbocycles. The van der Waals surface area contributed by atoms with Gasteiger partial charge in [-0.1, -0.05) is 35.5 Å². The van der Waals surface area contributed by atoms with Crippen LogP contribution in [0.4, 0.5) is 4.39 Å². The van der Waals surface area contributed by atoms with Crippen LogP contribution in [0.1, 0.15) is 23.7 Å². The van der Waals surface area contributed by atoms with Crippen molar-refractivity contribution >= 4 is 5.91 Å². The zero-order chi connectivity index (χ0) is 17.9. The van der Waals surface area contributed by atoms with Gasteiger partial charge < -0.3 is 9.42 Å². The van der Waals surface area contributed by atoms with Gasteiger partial charge in [0, 0.05) is 31.0 Å². The number of benzene rings is 2. The number of halogens is 1. The molecule has 1 fully saturated rings. The Morgan fingerprint density at radius 2 is 1.88 bits per heavy atom. The Hall–Kier alpha value is -3.02. The quantitative estimate of drug-likeness (QED) is 0.707. The summed E-state index contributed by atoms with van der Waals surface area (Å²) in [6, 6.07) is 16.0. The van der Waals surface area contributed by atoms with E-state index in [9.17, 15) is 9.18 Å². The number of amides is 1. The van der Waals surface area contributed by atoms with Crippen molar-refractivity contribution in [2.45, 2.75) is 18.8 Å². The highest BCUT2D eigenvalue weighted by Crippen LogP contribution is 2.28. The summed E-state index contributed by atoms with van der Waals surface area (Å²) in [5, 5.41) is 4.03. The number of aromatic nitrogens is 2. The van der Waals surface area contributed by atoms with Crippen molar-refractivity contribution in [3.8, 4) is 11.5 Å². The van der Waals surface area contributed by atoms with Gasteiger partial charge in [0.2, 0.25) is 5.91 Å². The summed E-state index contributed by atoms with van der Waals surface area (Å²) in [4.78, 5) is 18.5. The molecule has 6 heteroatoms. The molecule has 0 N–H and O–H groups in total. The number of carbonyl (C=O) groups is 1. The molecule has 2 aromatic carbocycles. The molecule has 1 amide bonds. The van der Waals surface area contributed by atoms with Gasteiger partial charge in [-0.25, -0.2) is 4.39 Å². The monoisotopic (exact) mass is 351 g/mol. The fraction of sp³-hybridized carbons (Fsp3) is 0.250. The predicted octanol–water partition coefficient (Wildman–Crippen LogP) is 3.43. The van der Waals surface area contributed by atoms with Crippen LogP contribution in [0.5, 0.6) is 0 Å². The Kier molecular flexibility index (Phi) is 4.48. The van der Waals surface area contributed by atoms with Crippen molar-refractivity contribution in [1.29, 1.82) is 0 Å². The van der Waals surface area contributed by atoms with Gasteiger partial charge in [-0.05, 0) is 36.2 Å². The van der Waals surface area contributed by atoms with E-state index in [4.69, 9.17) is 4.52 Å². The largest absolute Gasteiger partial charge is 0.342 e. The minimum absolute atomic E-state index is 0.0729. The molecule has 0 spiro atoms. The third kappa shape index (κ3) is 3.49. The van der Waals surface area contributed by atoms with Crippen LogP contribution in [-0.2, 0) is 11.2 Å². The number of rotatable bonds is 5. The summed E-state index contributed by atoms with van der Waals surface area (Å²) in [5.41, 5.74) is 1.87. The fourth-order valence-corrected chi connectivity index (χ4v) is 3.18. The lowest BCUT2D eigenvalue weighted by Crippen LogP contribution is -2.27. The molecule has 2 heterocycles. The first-order valence-corrected chi connectivity index (χ1v) is 8.60. The molecule has 3 aromatic rings. The number of carbonyl (C=O) groups excluding carboxylic acids is 1. The second-order valence-electron chi connectivity index (χ2n) is 6.44. The molecule has 26 heavy (non-hydrogen) atoms. The van der Waals surface area contributed by atoms with E-state index < -0.39 is 0 Å². The lowest BCUT2D eigenvalue weighted by Gasteiger charge is -2.15. The minimum atomic E-state index is -0.316. The van der Waals surface area contributed by atoms with Crippen LogP contribution in [0.3, 0.4) is 0 Å².